The highest BCUT2D eigenvalue weighted by molar-refractivity contribution is 4.91. The lowest BCUT2D eigenvalue weighted by molar-refractivity contribution is 0.176. The molecular formula is C10H20N4O. The summed E-state index contributed by atoms with van der Waals surface area (Å²) in [5.74, 6) is 0. The number of aromatic nitrogens is 3. The Morgan fingerprint density at radius 1 is 1.47 bits per heavy atom. The summed E-state index contributed by atoms with van der Waals surface area (Å²) in [6, 6.07) is 0.451. The number of aliphatic hydroxyl groups excluding tert-OH is 1. The zero-order valence-corrected chi connectivity index (χ0v) is 9.64. The number of aryl methyl sites for hydroxylation is 1. The van der Waals surface area contributed by atoms with Crippen molar-refractivity contribution < 1.29 is 5.11 Å². The van der Waals surface area contributed by atoms with Gasteiger partial charge in [-0.3, -0.25) is 4.68 Å². The summed E-state index contributed by atoms with van der Waals surface area (Å²) >= 11 is 0. The molecule has 86 valence electrons. The van der Waals surface area contributed by atoms with Crippen LogP contribution in [0.4, 0.5) is 0 Å². The van der Waals surface area contributed by atoms with Gasteiger partial charge in [0.15, 0.2) is 0 Å². The van der Waals surface area contributed by atoms with Crippen LogP contribution < -0.4 is 5.32 Å². The van der Waals surface area contributed by atoms with Crippen molar-refractivity contribution in [2.75, 3.05) is 0 Å². The van der Waals surface area contributed by atoms with E-state index in [2.05, 4.69) is 29.5 Å². The number of hydrogen-bond donors (Lipinski definition) is 2. The molecule has 0 aromatic carbocycles. The van der Waals surface area contributed by atoms with Crippen LogP contribution >= 0.6 is 0 Å². The normalized spacial score (nSPS) is 13.4. The maximum Gasteiger partial charge on any atom is 0.0964 e. The highest BCUT2D eigenvalue weighted by Gasteiger charge is 2.02. The summed E-state index contributed by atoms with van der Waals surface area (Å²) in [7, 11) is 0. The fourth-order valence-electron chi connectivity index (χ4n) is 1.16. The molecule has 1 heterocycles. The van der Waals surface area contributed by atoms with Crippen molar-refractivity contribution in [3.63, 3.8) is 0 Å². The van der Waals surface area contributed by atoms with Crippen LogP contribution in [0.5, 0.6) is 0 Å². The van der Waals surface area contributed by atoms with E-state index in [1.807, 2.05) is 6.20 Å². The van der Waals surface area contributed by atoms with Gasteiger partial charge in [0, 0.05) is 25.3 Å². The zero-order valence-electron chi connectivity index (χ0n) is 9.64. The predicted molar refractivity (Wildman–Crippen MR) is 58.3 cm³/mol. The monoisotopic (exact) mass is 212 g/mol. The van der Waals surface area contributed by atoms with Crippen molar-refractivity contribution in [1.82, 2.24) is 20.3 Å². The average molecular weight is 212 g/mol. The van der Waals surface area contributed by atoms with E-state index >= 15 is 0 Å². The third-order valence-corrected chi connectivity index (χ3v) is 2.05. The van der Waals surface area contributed by atoms with Crippen LogP contribution in [0.2, 0.25) is 0 Å². The Balaban J connectivity index is 2.35. The van der Waals surface area contributed by atoms with Gasteiger partial charge in [-0.25, -0.2) is 0 Å². The Kier molecular flexibility index (Phi) is 4.71. The van der Waals surface area contributed by atoms with Gasteiger partial charge >= 0.3 is 0 Å². The standard InChI is InChI=1S/C10H20N4O/c1-8(2)11-6-10-7-14(13-12-10)5-4-9(3)15/h7-9,11,15H,4-6H2,1-3H3. The van der Waals surface area contributed by atoms with Gasteiger partial charge < -0.3 is 10.4 Å². The van der Waals surface area contributed by atoms with E-state index in [0.29, 0.717) is 19.0 Å². The van der Waals surface area contributed by atoms with Crippen LogP contribution in [0.15, 0.2) is 6.20 Å². The molecule has 15 heavy (non-hydrogen) atoms. The molecule has 0 aliphatic carbocycles. The van der Waals surface area contributed by atoms with E-state index in [9.17, 15) is 0 Å². The number of hydrogen-bond acceptors (Lipinski definition) is 4. The molecular weight excluding hydrogens is 192 g/mol. The summed E-state index contributed by atoms with van der Waals surface area (Å²) in [6.45, 7) is 7.42. The number of nitrogens with zero attached hydrogens (tertiary/aromatic N) is 3. The molecule has 0 spiro atoms. The second-order valence-corrected chi connectivity index (χ2v) is 4.15. The van der Waals surface area contributed by atoms with Gasteiger partial charge in [0.1, 0.15) is 0 Å². The van der Waals surface area contributed by atoms with Gasteiger partial charge in [-0.05, 0) is 13.3 Å². The molecule has 1 aromatic heterocycles. The van der Waals surface area contributed by atoms with Crippen LogP contribution in [-0.2, 0) is 13.1 Å². The SMILES string of the molecule is CC(O)CCn1cc(CNC(C)C)nn1. The Morgan fingerprint density at radius 3 is 2.80 bits per heavy atom. The fraction of sp³-hybridized carbons (Fsp3) is 0.800. The molecule has 5 nitrogen and oxygen atoms in total. The van der Waals surface area contributed by atoms with Crippen LogP contribution in [-0.4, -0.2) is 32.2 Å². The maximum atomic E-state index is 9.12. The molecule has 0 saturated heterocycles. The van der Waals surface area contributed by atoms with E-state index < -0.39 is 0 Å². The van der Waals surface area contributed by atoms with Gasteiger partial charge in [-0.2, -0.15) is 0 Å². The Bertz CT molecular complexity index is 256. The first-order chi connectivity index (χ1) is 7.08. The molecule has 1 atom stereocenters. The maximum absolute atomic E-state index is 9.12. The Morgan fingerprint density at radius 2 is 2.20 bits per heavy atom. The highest BCUT2D eigenvalue weighted by atomic mass is 16.3. The van der Waals surface area contributed by atoms with Crippen molar-refractivity contribution in [3.8, 4) is 0 Å². The van der Waals surface area contributed by atoms with Crippen molar-refractivity contribution in [1.29, 1.82) is 0 Å². The average Bonchev–Trinajstić information content (AvgIpc) is 2.59. The minimum absolute atomic E-state index is 0.286. The minimum atomic E-state index is -0.286. The second-order valence-electron chi connectivity index (χ2n) is 4.15. The molecule has 0 amide bonds. The van der Waals surface area contributed by atoms with Crippen LogP contribution in [0.25, 0.3) is 0 Å². The topological polar surface area (TPSA) is 63.0 Å². The Hall–Kier alpha value is -0.940. The first kappa shape index (κ1) is 12.1. The van der Waals surface area contributed by atoms with Crippen molar-refractivity contribution in [2.24, 2.45) is 0 Å². The van der Waals surface area contributed by atoms with Crippen LogP contribution in [0.3, 0.4) is 0 Å². The largest absolute Gasteiger partial charge is 0.393 e. The minimum Gasteiger partial charge on any atom is -0.393 e. The quantitative estimate of drug-likeness (QED) is 0.722. The van der Waals surface area contributed by atoms with Crippen molar-refractivity contribution >= 4 is 0 Å². The summed E-state index contributed by atoms with van der Waals surface area (Å²) in [5.41, 5.74) is 0.939. The van der Waals surface area contributed by atoms with Gasteiger partial charge in [0.2, 0.25) is 0 Å². The molecule has 5 heteroatoms. The molecule has 0 aliphatic rings. The van der Waals surface area contributed by atoms with E-state index in [1.54, 1.807) is 11.6 Å². The van der Waals surface area contributed by atoms with E-state index in [0.717, 1.165) is 12.2 Å². The van der Waals surface area contributed by atoms with Gasteiger partial charge in [0.25, 0.3) is 0 Å². The van der Waals surface area contributed by atoms with Gasteiger partial charge in [0.05, 0.1) is 11.8 Å². The Labute approximate surface area is 90.5 Å². The molecule has 0 fully saturated rings. The van der Waals surface area contributed by atoms with E-state index in [-0.39, 0.29) is 6.10 Å². The highest BCUT2D eigenvalue weighted by Crippen LogP contribution is 1.97. The second kappa shape index (κ2) is 5.82. The third kappa shape index (κ3) is 4.90. The predicted octanol–water partition coefficient (Wildman–Crippen LogP) is 0.547. The molecule has 1 unspecified atom stereocenters. The van der Waals surface area contributed by atoms with E-state index in [1.165, 1.54) is 0 Å². The number of aliphatic hydroxyl groups is 1. The molecule has 0 radical (unpaired) electrons. The van der Waals surface area contributed by atoms with E-state index in [4.69, 9.17) is 5.11 Å². The first-order valence-electron chi connectivity index (χ1n) is 5.38. The molecule has 1 rings (SSSR count). The molecule has 2 N–H and O–H groups in total. The molecule has 0 saturated carbocycles. The molecule has 1 aromatic rings. The third-order valence-electron chi connectivity index (χ3n) is 2.05. The summed E-state index contributed by atoms with van der Waals surface area (Å²) in [4.78, 5) is 0. The van der Waals surface area contributed by atoms with Crippen molar-refractivity contribution in [2.45, 2.75) is 52.4 Å². The van der Waals surface area contributed by atoms with Crippen molar-refractivity contribution in [3.05, 3.63) is 11.9 Å². The molecule has 0 bridgehead atoms. The van der Waals surface area contributed by atoms with Crippen LogP contribution in [0, 0.1) is 0 Å². The summed E-state index contributed by atoms with van der Waals surface area (Å²) in [5, 5.41) is 20.4. The summed E-state index contributed by atoms with van der Waals surface area (Å²) < 4.78 is 1.77. The summed E-state index contributed by atoms with van der Waals surface area (Å²) in [6.07, 6.45) is 2.34. The lowest BCUT2D eigenvalue weighted by atomic mass is 10.3. The fourth-order valence-corrected chi connectivity index (χ4v) is 1.16. The van der Waals surface area contributed by atoms with Crippen LogP contribution in [0.1, 0.15) is 32.9 Å². The lowest BCUT2D eigenvalue weighted by Crippen LogP contribution is -2.21. The lowest BCUT2D eigenvalue weighted by Gasteiger charge is -2.04. The van der Waals surface area contributed by atoms with Gasteiger partial charge in [-0.15, -0.1) is 5.10 Å². The smallest absolute Gasteiger partial charge is 0.0964 e. The zero-order chi connectivity index (χ0) is 11.3. The number of nitrogens with one attached hydrogen (secondary N) is 1. The van der Waals surface area contributed by atoms with Gasteiger partial charge in [-0.1, -0.05) is 19.1 Å². The number of rotatable bonds is 6. The molecule has 0 aliphatic heterocycles. The first-order valence-corrected chi connectivity index (χ1v) is 5.38.